The molecule has 0 bridgehead atoms. The Hall–Kier alpha value is -0.120. The van der Waals surface area contributed by atoms with Gasteiger partial charge in [0.05, 0.1) is 0 Å². The van der Waals surface area contributed by atoms with Crippen molar-refractivity contribution in [1.29, 1.82) is 0 Å². The van der Waals surface area contributed by atoms with E-state index in [1.807, 2.05) is 7.05 Å². The molecule has 0 saturated carbocycles. The molecule has 0 aromatic rings. The highest BCUT2D eigenvalue weighted by atomic mass is 127. The summed E-state index contributed by atoms with van der Waals surface area (Å²) in [6.07, 6.45) is 4.44. The number of rotatable bonds is 11. The molecule has 0 aromatic carbocycles. The molecule has 0 aromatic heterocycles. The molecule has 1 unspecified atom stereocenters. The van der Waals surface area contributed by atoms with Crippen molar-refractivity contribution in [3.05, 3.63) is 0 Å². The number of guanidine groups is 1. The van der Waals surface area contributed by atoms with E-state index in [2.05, 4.69) is 48.5 Å². The quantitative estimate of drug-likeness (QED) is 0.204. The standard InChI is InChI=1S/C19H40N4O2.HI/c1-16(2)13-18(23(4)5)14-22-19(20-3)21-9-6-10-25-15-17-7-11-24-12-8-17;/h16-18H,6-15H2,1-5H3,(H2,20,21,22);1H. The molecular weight excluding hydrogens is 443 g/mol. The average Bonchev–Trinajstić information content (AvgIpc) is 2.59. The molecule has 7 heteroatoms. The van der Waals surface area contributed by atoms with Crippen LogP contribution in [0.3, 0.4) is 0 Å². The molecule has 1 aliphatic heterocycles. The van der Waals surface area contributed by atoms with Crippen molar-refractivity contribution >= 4 is 29.9 Å². The molecule has 1 rings (SSSR count). The fourth-order valence-electron chi connectivity index (χ4n) is 3.00. The normalized spacial score (nSPS) is 17.3. The molecular formula is C19H41IN4O2. The number of nitrogens with zero attached hydrogens (tertiary/aromatic N) is 2. The van der Waals surface area contributed by atoms with Crippen molar-refractivity contribution in [2.24, 2.45) is 16.8 Å². The number of likely N-dealkylation sites (N-methyl/N-ethyl adjacent to an activating group) is 1. The number of nitrogens with one attached hydrogen (secondary N) is 2. The van der Waals surface area contributed by atoms with E-state index >= 15 is 0 Å². The van der Waals surface area contributed by atoms with Crippen LogP contribution in [0.2, 0.25) is 0 Å². The highest BCUT2D eigenvalue weighted by Gasteiger charge is 2.14. The third-order valence-electron chi connectivity index (χ3n) is 4.65. The first-order valence-electron chi connectivity index (χ1n) is 9.79. The molecule has 1 fully saturated rings. The van der Waals surface area contributed by atoms with Gasteiger partial charge in [-0.3, -0.25) is 4.99 Å². The predicted molar refractivity (Wildman–Crippen MR) is 121 cm³/mol. The molecule has 0 spiro atoms. The molecule has 156 valence electrons. The lowest BCUT2D eigenvalue weighted by molar-refractivity contribution is 0.0203. The van der Waals surface area contributed by atoms with Crippen molar-refractivity contribution in [2.45, 2.75) is 45.6 Å². The maximum Gasteiger partial charge on any atom is 0.191 e. The first-order chi connectivity index (χ1) is 12.0. The molecule has 1 saturated heterocycles. The highest BCUT2D eigenvalue weighted by molar-refractivity contribution is 14.0. The Labute approximate surface area is 177 Å². The molecule has 0 aliphatic carbocycles. The lowest BCUT2D eigenvalue weighted by Gasteiger charge is -2.27. The smallest absolute Gasteiger partial charge is 0.191 e. The summed E-state index contributed by atoms with van der Waals surface area (Å²) >= 11 is 0. The van der Waals surface area contributed by atoms with Gasteiger partial charge in [-0.2, -0.15) is 0 Å². The molecule has 1 heterocycles. The summed E-state index contributed by atoms with van der Waals surface area (Å²) in [6.45, 7) is 9.78. The number of hydrogen-bond acceptors (Lipinski definition) is 4. The van der Waals surface area contributed by atoms with Gasteiger partial charge in [0.15, 0.2) is 5.96 Å². The fourth-order valence-corrected chi connectivity index (χ4v) is 3.00. The second-order valence-corrected chi connectivity index (χ2v) is 7.61. The van der Waals surface area contributed by atoms with Crippen molar-refractivity contribution in [3.8, 4) is 0 Å². The van der Waals surface area contributed by atoms with Gasteiger partial charge in [-0.05, 0) is 51.6 Å². The van der Waals surface area contributed by atoms with E-state index in [0.717, 1.165) is 64.7 Å². The van der Waals surface area contributed by atoms with E-state index in [9.17, 15) is 0 Å². The lowest BCUT2D eigenvalue weighted by Crippen LogP contribution is -2.45. The van der Waals surface area contributed by atoms with Gasteiger partial charge in [0.1, 0.15) is 0 Å². The van der Waals surface area contributed by atoms with Crippen LogP contribution in [-0.2, 0) is 9.47 Å². The minimum absolute atomic E-state index is 0. The Morgan fingerprint density at radius 1 is 1.23 bits per heavy atom. The van der Waals surface area contributed by atoms with Gasteiger partial charge in [-0.15, -0.1) is 24.0 Å². The number of hydrogen-bond donors (Lipinski definition) is 2. The average molecular weight is 484 g/mol. The number of aliphatic imine (C=N–C) groups is 1. The van der Waals surface area contributed by atoms with Gasteiger partial charge in [0.25, 0.3) is 0 Å². The Morgan fingerprint density at radius 3 is 2.50 bits per heavy atom. The summed E-state index contributed by atoms with van der Waals surface area (Å²) in [7, 11) is 6.10. The molecule has 0 radical (unpaired) electrons. The van der Waals surface area contributed by atoms with Crippen LogP contribution in [-0.4, -0.2) is 77.6 Å². The lowest BCUT2D eigenvalue weighted by atomic mass is 10.0. The second kappa shape index (κ2) is 15.9. The first kappa shape index (κ1) is 25.9. The maximum absolute atomic E-state index is 5.80. The Kier molecular flexibility index (Phi) is 15.8. The van der Waals surface area contributed by atoms with Crippen LogP contribution < -0.4 is 10.6 Å². The van der Waals surface area contributed by atoms with Crippen LogP contribution in [0, 0.1) is 11.8 Å². The van der Waals surface area contributed by atoms with Crippen LogP contribution in [0.25, 0.3) is 0 Å². The van der Waals surface area contributed by atoms with E-state index in [-0.39, 0.29) is 24.0 Å². The third-order valence-corrected chi connectivity index (χ3v) is 4.65. The molecule has 6 nitrogen and oxygen atoms in total. The largest absolute Gasteiger partial charge is 0.381 e. The summed E-state index contributed by atoms with van der Waals surface area (Å²) in [4.78, 5) is 6.59. The van der Waals surface area contributed by atoms with Gasteiger partial charge < -0.3 is 25.0 Å². The summed E-state index contributed by atoms with van der Waals surface area (Å²) in [5.41, 5.74) is 0. The topological polar surface area (TPSA) is 58.1 Å². The summed E-state index contributed by atoms with van der Waals surface area (Å²) in [6, 6.07) is 0.515. The monoisotopic (exact) mass is 484 g/mol. The predicted octanol–water partition coefficient (Wildman–Crippen LogP) is 2.58. The molecule has 1 aliphatic rings. The Morgan fingerprint density at radius 2 is 1.92 bits per heavy atom. The minimum Gasteiger partial charge on any atom is -0.381 e. The van der Waals surface area contributed by atoms with Crippen LogP contribution in [0.5, 0.6) is 0 Å². The number of ether oxygens (including phenoxy) is 2. The summed E-state index contributed by atoms with van der Waals surface area (Å²) in [5, 5.41) is 6.82. The van der Waals surface area contributed by atoms with Crippen molar-refractivity contribution in [1.82, 2.24) is 15.5 Å². The molecule has 26 heavy (non-hydrogen) atoms. The minimum atomic E-state index is 0. The van der Waals surface area contributed by atoms with Crippen molar-refractivity contribution < 1.29 is 9.47 Å². The Bertz CT molecular complexity index is 361. The van der Waals surface area contributed by atoms with Crippen molar-refractivity contribution in [2.75, 3.05) is 60.7 Å². The second-order valence-electron chi connectivity index (χ2n) is 7.61. The van der Waals surface area contributed by atoms with E-state index < -0.39 is 0 Å². The molecule has 1 atom stereocenters. The zero-order valence-electron chi connectivity index (χ0n) is 17.4. The van der Waals surface area contributed by atoms with Gasteiger partial charge >= 0.3 is 0 Å². The maximum atomic E-state index is 5.80. The molecule has 0 amide bonds. The number of halogens is 1. The van der Waals surface area contributed by atoms with Gasteiger partial charge in [0, 0.05) is 52.6 Å². The zero-order chi connectivity index (χ0) is 18.5. The van der Waals surface area contributed by atoms with Crippen LogP contribution >= 0.6 is 24.0 Å². The van der Waals surface area contributed by atoms with Gasteiger partial charge in [-0.25, -0.2) is 0 Å². The van der Waals surface area contributed by atoms with E-state index in [4.69, 9.17) is 9.47 Å². The van der Waals surface area contributed by atoms with Crippen molar-refractivity contribution in [3.63, 3.8) is 0 Å². The first-order valence-corrected chi connectivity index (χ1v) is 9.79. The van der Waals surface area contributed by atoms with E-state index in [1.165, 1.54) is 6.42 Å². The molecule has 2 N–H and O–H groups in total. The zero-order valence-corrected chi connectivity index (χ0v) is 19.8. The third kappa shape index (κ3) is 12.3. The van der Waals surface area contributed by atoms with Crippen LogP contribution in [0.1, 0.15) is 39.5 Å². The van der Waals surface area contributed by atoms with Crippen LogP contribution in [0.15, 0.2) is 4.99 Å². The summed E-state index contributed by atoms with van der Waals surface area (Å²) < 4.78 is 11.2. The highest BCUT2D eigenvalue weighted by Crippen LogP contribution is 2.14. The van der Waals surface area contributed by atoms with E-state index in [0.29, 0.717) is 17.9 Å². The summed E-state index contributed by atoms with van der Waals surface area (Å²) in [5.74, 6) is 2.25. The SMILES string of the molecule is CN=C(NCCCOCC1CCOCC1)NCC(CC(C)C)N(C)C.I. The Balaban J connectivity index is 0.00000625. The van der Waals surface area contributed by atoms with E-state index in [1.54, 1.807) is 0 Å². The van der Waals surface area contributed by atoms with Gasteiger partial charge in [0.2, 0.25) is 0 Å². The fraction of sp³-hybridized carbons (Fsp3) is 0.947. The van der Waals surface area contributed by atoms with Crippen LogP contribution in [0.4, 0.5) is 0 Å². The van der Waals surface area contributed by atoms with Gasteiger partial charge in [-0.1, -0.05) is 13.8 Å².